The summed E-state index contributed by atoms with van der Waals surface area (Å²) in [7, 11) is 4.31. The van der Waals surface area contributed by atoms with E-state index in [2.05, 4.69) is 63.9 Å². The Kier molecular flexibility index (Phi) is 4.44. The maximum Gasteiger partial charge on any atom is 0.0941 e. The van der Waals surface area contributed by atoms with Crippen molar-refractivity contribution in [1.29, 1.82) is 0 Å². The molecule has 1 spiro atoms. The lowest BCUT2D eigenvalue weighted by Crippen LogP contribution is -2.30. The van der Waals surface area contributed by atoms with E-state index in [-0.39, 0.29) is 0 Å². The summed E-state index contributed by atoms with van der Waals surface area (Å²) in [6, 6.07) is 12.8. The second-order valence-electron chi connectivity index (χ2n) is 8.77. The number of fused-ring (bicyclic) bond motifs is 3. The summed E-state index contributed by atoms with van der Waals surface area (Å²) >= 11 is 0. The van der Waals surface area contributed by atoms with Crippen LogP contribution in [0.25, 0.3) is 22.2 Å². The molecule has 2 aliphatic heterocycles. The molecule has 5 heteroatoms. The first kappa shape index (κ1) is 17.8. The van der Waals surface area contributed by atoms with E-state index in [4.69, 9.17) is 5.10 Å². The highest BCUT2D eigenvalue weighted by atomic mass is 15.3. The summed E-state index contributed by atoms with van der Waals surface area (Å²) in [6.45, 7) is 5.81. The number of aryl methyl sites for hydroxylation is 1. The number of nitrogens with zero attached hydrogens (tertiary/aromatic N) is 5. The lowest BCUT2D eigenvalue weighted by atomic mass is 9.82. The summed E-state index contributed by atoms with van der Waals surface area (Å²) in [6.07, 6.45) is 5.71. The van der Waals surface area contributed by atoms with Crippen LogP contribution in [0.3, 0.4) is 0 Å². The lowest BCUT2D eigenvalue weighted by Gasteiger charge is -2.23. The molecule has 0 amide bonds. The van der Waals surface area contributed by atoms with Gasteiger partial charge in [-0.25, -0.2) is 0 Å². The minimum Gasteiger partial charge on any atom is -0.309 e. The Morgan fingerprint density at radius 3 is 2.86 bits per heavy atom. The maximum atomic E-state index is 4.95. The largest absolute Gasteiger partial charge is 0.309 e. The molecule has 28 heavy (non-hydrogen) atoms. The summed E-state index contributed by atoms with van der Waals surface area (Å²) < 4.78 is 2.26. The quantitative estimate of drug-likeness (QED) is 0.685. The van der Waals surface area contributed by atoms with Crippen molar-refractivity contribution in [2.45, 2.75) is 31.2 Å². The van der Waals surface area contributed by atoms with E-state index in [1.165, 1.54) is 56.5 Å². The molecule has 0 N–H and O–H groups in total. The van der Waals surface area contributed by atoms with Crippen molar-refractivity contribution in [3.05, 3.63) is 48.3 Å². The first-order chi connectivity index (χ1) is 13.6. The molecule has 3 aromatic rings. The van der Waals surface area contributed by atoms with Crippen molar-refractivity contribution in [3.8, 4) is 11.3 Å². The van der Waals surface area contributed by atoms with Gasteiger partial charge < -0.3 is 9.80 Å². The van der Waals surface area contributed by atoms with Gasteiger partial charge in [0, 0.05) is 41.3 Å². The van der Waals surface area contributed by atoms with Crippen molar-refractivity contribution in [2.24, 2.45) is 0 Å². The summed E-state index contributed by atoms with van der Waals surface area (Å²) in [5, 5.41) is 6.13. The number of para-hydroxylation sites is 1. The van der Waals surface area contributed by atoms with E-state index < -0.39 is 0 Å². The van der Waals surface area contributed by atoms with E-state index in [1.54, 1.807) is 0 Å². The highest BCUT2D eigenvalue weighted by molar-refractivity contribution is 5.82. The zero-order valence-electron chi connectivity index (χ0n) is 16.9. The fourth-order valence-electron chi connectivity index (χ4n) is 4.99. The first-order valence-electron chi connectivity index (χ1n) is 10.4. The van der Waals surface area contributed by atoms with Crippen molar-refractivity contribution >= 4 is 10.9 Å². The molecule has 0 aliphatic carbocycles. The summed E-state index contributed by atoms with van der Waals surface area (Å²) in [5.41, 5.74) is 4.97. The first-order valence-corrected chi connectivity index (χ1v) is 10.4. The van der Waals surface area contributed by atoms with Crippen LogP contribution in [-0.2, 0) is 12.0 Å². The molecular formula is C23H29N5. The van der Waals surface area contributed by atoms with Gasteiger partial charge in [0.1, 0.15) is 0 Å². The Morgan fingerprint density at radius 2 is 1.96 bits per heavy atom. The molecule has 4 heterocycles. The number of hydrogen-bond donors (Lipinski definition) is 0. The smallest absolute Gasteiger partial charge is 0.0941 e. The molecule has 1 atom stereocenters. The zero-order valence-corrected chi connectivity index (χ0v) is 16.9. The van der Waals surface area contributed by atoms with Crippen LogP contribution >= 0.6 is 0 Å². The highest BCUT2D eigenvalue weighted by Crippen LogP contribution is 2.43. The topological polar surface area (TPSA) is 37.2 Å². The van der Waals surface area contributed by atoms with Crippen LogP contribution in [0.1, 0.15) is 25.0 Å². The number of aromatic nitrogens is 3. The fourth-order valence-corrected chi connectivity index (χ4v) is 4.99. The second-order valence-corrected chi connectivity index (χ2v) is 8.77. The molecule has 1 aromatic carbocycles. The van der Waals surface area contributed by atoms with Gasteiger partial charge in [0.05, 0.1) is 11.2 Å². The monoisotopic (exact) mass is 375 g/mol. The minimum atomic E-state index is 0.299. The van der Waals surface area contributed by atoms with Gasteiger partial charge in [-0.05, 0) is 71.2 Å². The highest BCUT2D eigenvalue weighted by Gasteiger charge is 2.45. The number of likely N-dealkylation sites (tertiary alicyclic amines) is 1. The predicted molar refractivity (Wildman–Crippen MR) is 113 cm³/mol. The average Bonchev–Trinajstić information content (AvgIpc) is 3.38. The van der Waals surface area contributed by atoms with Crippen LogP contribution in [0.15, 0.2) is 42.6 Å². The molecule has 1 unspecified atom stereocenters. The Balaban J connectivity index is 1.37. The van der Waals surface area contributed by atoms with Crippen molar-refractivity contribution in [1.82, 2.24) is 24.6 Å². The van der Waals surface area contributed by atoms with E-state index in [0.29, 0.717) is 5.41 Å². The van der Waals surface area contributed by atoms with Gasteiger partial charge in [-0.1, -0.05) is 18.2 Å². The normalized spacial score (nSPS) is 22.0. The van der Waals surface area contributed by atoms with E-state index >= 15 is 0 Å². The second kappa shape index (κ2) is 6.98. The van der Waals surface area contributed by atoms with Gasteiger partial charge in [0.2, 0.25) is 0 Å². The minimum absolute atomic E-state index is 0.299. The third-order valence-corrected chi connectivity index (χ3v) is 6.52. The van der Waals surface area contributed by atoms with Crippen molar-refractivity contribution in [3.63, 3.8) is 0 Å². The Morgan fingerprint density at radius 1 is 1.11 bits per heavy atom. The summed E-state index contributed by atoms with van der Waals surface area (Å²) in [5.74, 6) is 0. The number of rotatable bonds is 5. The molecule has 5 nitrogen and oxygen atoms in total. The van der Waals surface area contributed by atoms with Crippen LogP contribution < -0.4 is 0 Å². The van der Waals surface area contributed by atoms with Gasteiger partial charge in [-0.15, -0.1) is 0 Å². The van der Waals surface area contributed by atoms with Crippen LogP contribution in [0, 0.1) is 0 Å². The van der Waals surface area contributed by atoms with Crippen molar-refractivity contribution in [2.75, 3.05) is 40.3 Å². The van der Waals surface area contributed by atoms with Crippen LogP contribution in [0.4, 0.5) is 0 Å². The predicted octanol–water partition coefficient (Wildman–Crippen LogP) is 3.40. The van der Waals surface area contributed by atoms with Gasteiger partial charge in [0.25, 0.3) is 0 Å². The van der Waals surface area contributed by atoms with Gasteiger partial charge in [0.15, 0.2) is 0 Å². The molecule has 2 aromatic heterocycles. The van der Waals surface area contributed by atoms with Crippen LogP contribution in [0.5, 0.6) is 0 Å². The molecule has 146 valence electrons. The summed E-state index contributed by atoms with van der Waals surface area (Å²) in [4.78, 5) is 9.56. The van der Waals surface area contributed by atoms with Crippen LogP contribution in [0.2, 0.25) is 0 Å². The molecule has 0 bridgehead atoms. The number of pyridine rings is 1. The van der Waals surface area contributed by atoms with Gasteiger partial charge in [-0.2, -0.15) is 5.10 Å². The lowest BCUT2D eigenvalue weighted by molar-refractivity contribution is 0.284. The average molecular weight is 376 g/mol. The Labute approximate surface area is 167 Å². The Bertz CT molecular complexity index is 992. The van der Waals surface area contributed by atoms with E-state index in [1.807, 2.05) is 12.3 Å². The SMILES string of the molecule is CN(C)CCCN1CCC2(CCn3nc(-c4cnc5ccccc5c4)cc32)C1. The number of hydrogen-bond acceptors (Lipinski definition) is 4. The zero-order chi connectivity index (χ0) is 19.1. The third-order valence-electron chi connectivity index (χ3n) is 6.52. The molecular weight excluding hydrogens is 346 g/mol. The molecule has 1 fully saturated rings. The Hall–Kier alpha value is -2.24. The van der Waals surface area contributed by atoms with E-state index in [0.717, 1.165) is 23.3 Å². The van der Waals surface area contributed by atoms with Crippen LogP contribution in [-0.4, -0.2) is 64.8 Å². The molecule has 0 saturated carbocycles. The molecule has 5 rings (SSSR count). The molecule has 1 saturated heterocycles. The molecule has 2 aliphatic rings. The fraction of sp³-hybridized carbons (Fsp3) is 0.478. The maximum absolute atomic E-state index is 4.95. The van der Waals surface area contributed by atoms with E-state index in [9.17, 15) is 0 Å². The van der Waals surface area contributed by atoms with Crippen molar-refractivity contribution < 1.29 is 0 Å². The third kappa shape index (κ3) is 3.12. The standard InChI is InChI=1S/C23H29N5/c1-26(2)10-5-11-27-12-8-23(17-27)9-13-28-22(23)15-21(25-28)19-14-18-6-3-4-7-20(18)24-16-19/h3-4,6-7,14-16H,5,8-13,17H2,1-2H3. The van der Waals surface area contributed by atoms with Gasteiger partial charge >= 0.3 is 0 Å². The number of benzene rings is 1. The van der Waals surface area contributed by atoms with Gasteiger partial charge in [-0.3, -0.25) is 9.67 Å². The molecule has 0 radical (unpaired) electrons.